The van der Waals surface area contributed by atoms with Crippen LogP contribution < -0.4 is 10.1 Å². The zero-order chi connectivity index (χ0) is 12.3. The summed E-state index contributed by atoms with van der Waals surface area (Å²) in [6.45, 7) is 2.66. The normalized spacial score (nSPS) is 19.3. The van der Waals surface area contributed by atoms with E-state index in [0.717, 1.165) is 19.5 Å². The fraction of sp³-hybridized carbons (Fsp3) is 0.500. The van der Waals surface area contributed by atoms with Crippen LogP contribution in [0.1, 0.15) is 6.42 Å². The molecule has 1 atom stereocenters. The molecule has 18 heavy (non-hydrogen) atoms. The van der Waals surface area contributed by atoms with Gasteiger partial charge in [-0.1, -0.05) is 6.07 Å². The van der Waals surface area contributed by atoms with Crippen molar-refractivity contribution in [1.29, 1.82) is 0 Å². The van der Waals surface area contributed by atoms with Gasteiger partial charge >= 0.3 is 0 Å². The number of halogens is 1. The number of ether oxygens (including phenoxy) is 1. The Kier molecular flexibility index (Phi) is 5.44. The van der Waals surface area contributed by atoms with Crippen molar-refractivity contribution in [3.8, 4) is 5.75 Å². The summed E-state index contributed by atoms with van der Waals surface area (Å²) >= 11 is 0. The molecule has 1 heterocycles. The van der Waals surface area contributed by atoms with Crippen molar-refractivity contribution in [2.24, 2.45) is 5.92 Å². The first-order valence-electron chi connectivity index (χ1n) is 5.69. The van der Waals surface area contributed by atoms with Gasteiger partial charge < -0.3 is 10.1 Å². The second-order valence-electron chi connectivity index (χ2n) is 4.42. The highest BCUT2D eigenvalue weighted by molar-refractivity contribution is 7.90. The van der Waals surface area contributed by atoms with E-state index in [4.69, 9.17) is 4.74 Å². The van der Waals surface area contributed by atoms with Gasteiger partial charge in [0.05, 0.1) is 11.5 Å². The van der Waals surface area contributed by atoms with Gasteiger partial charge in [-0.05, 0) is 31.2 Å². The number of hydrogen-bond acceptors (Lipinski definition) is 4. The highest BCUT2D eigenvalue weighted by Crippen LogP contribution is 2.18. The average molecular weight is 292 g/mol. The number of rotatable bonds is 4. The van der Waals surface area contributed by atoms with Crippen LogP contribution in [-0.4, -0.2) is 34.4 Å². The predicted octanol–water partition coefficient (Wildman–Crippen LogP) is 1.50. The molecule has 1 aromatic carbocycles. The van der Waals surface area contributed by atoms with Crippen molar-refractivity contribution in [3.05, 3.63) is 24.3 Å². The average Bonchev–Trinajstić information content (AvgIpc) is 2.78. The minimum absolute atomic E-state index is 0. The Bertz CT molecular complexity index is 484. The molecule has 0 aromatic heterocycles. The van der Waals surface area contributed by atoms with Gasteiger partial charge in [-0.15, -0.1) is 12.4 Å². The maximum absolute atomic E-state index is 11.4. The number of hydrogen-bond donors (Lipinski definition) is 1. The Labute approximate surface area is 114 Å². The molecule has 0 unspecified atom stereocenters. The van der Waals surface area contributed by atoms with Crippen LogP contribution >= 0.6 is 12.4 Å². The molecule has 6 heteroatoms. The molecule has 0 saturated carbocycles. The lowest BCUT2D eigenvalue weighted by molar-refractivity contribution is 0.259. The molecule has 0 spiro atoms. The van der Waals surface area contributed by atoms with E-state index >= 15 is 0 Å². The quantitative estimate of drug-likeness (QED) is 0.913. The Hall–Kier alpha value is -0.780. The molecule has 102 valence electrons. The first-order valence-corrected chi connectivity index (χ1v) is 7.58. The van der Waals surface area contributed by atoms with Crippen molar-refractivity contribution >= 4 is 22.2 Å². The van der Waals surface area contributed by atoms with Gasteiger partial charge in [0.2, 0.25) is 0 Å². The predicted molar refractivity (Wildman–Crippen MR) is 73.3 cm³/mol. The van der Waals surface area contributed by atoms with Crippen molar-refractivity contribution in [1.82, 2.24) is 5.32 Å². The Balaban J connectivity index is 0.00000162. The van der Waals surface area contributed by atoms with Gasteiger partial charge in [0.1, 0.15) is 5.75 Å². The standard InChI is InChI=1S/C12H17NO3S.ClH/c1-17(14,15)12-4-2-3-11(7-12)16-9-10-5-6-13-8-10;/h2-4,7,10,13H,5-6,8-9H2,1H3;1H/t10-;/m1./s1. The highest BCUT2D eigenvalue weighted by atomic mass is 35.5. The summed E-state index contributed by atoms with van der Waals surface area (Å²) in [5.74, 6) is 1.15. The number of sulfone groups is 1. The van der Waals surface area contributed by atoms with E-state index in [2.05, 4.69) is 5.32 Å². The molecular weight excluding hydrogens is 274 g/mol. The van der Waals surface area contributed by atoms with Crippen molar-refractivity contribution in [3.63, 3.8) is 0 Å². The first-order chi connectivity index (χ1) is 8.05. The second-order valence-corrected chi connectivity index (χ2v) is 6.43. The SMILES string of the molecule is CS(=O)(=O)c1cccc(OC[C@@H]2CCNC2)c1.Cl. The molecular formula is C12H18ClNO3S. The maximum Gasteiger partial charge on any atom is 0.175 e. The lowest BCUT2D eigenvalue weighted by Crippen LogP contribution is -2.15. The van der Waals surface area contributed by atoms with Crippen molar-refractivity contribution < 1.29 is 13.2 Å². The Morgan fingerprint density at radius 2 is 2.22 bits per heavy atom. The highest BCUT2D eigenvalue weighted by Gasteiger charge is 2.15. The van der Waals surface area contributed by atoms with Crippen molar-refractivity contribution in [2.45, 2.75) is 11.3 Å². The van der Waals surface area contributed by atoms with Gasteiger partial charge in [-0.25, -0.2) is 8.42 Å². The zero-order valence-corrected chi connectivity index (χ0v) is 11.9. The molecule has 1 aliphatic heterocycles. The summed E-state index contributed by atoms with van der Waals surface area (Å²) in [7, 11) is -3.16. The second kappa shape index (κ2) is 6.41. The Morgan fingerprint density at radius 3 is 2.83 bits per heavy atom. The smallest absolute Gasteiger partial charge is 0.175 e. The molecule has 1 N–H and O–H groups in total. The summed E-state index contributed by atoms with van der Waals surface area (Å²) < 4.78 is 28.4. The molecule has 0 radical (unpaired) electrons. The van der Waals surface area contributed by atoms with Gasteiger partial charge in [0.15, 0.2) is 9.84 Å². The van der Waals surface area contributed by atoms with Gasteiger partial charge in [0.25, 0.3) is 0 Å². The summed E-state index contributed by atoms with van der Waals surface area (Å²) in [5.41, 5.74) is 0. The van der Waals surface area contributed by atoms with Crippen LogP contribution in [0.2, 0.25) is 0 Å². The fourth-order valence-corrected chi connectivity index (χ4v) is 2.52. The molecule has 1 aliphatic rings. The first kappa shape index (κ1) is 15.3. The van der Waals surface area contributed by atoms with Crippen molar-refractivity contribution in [2.75, 3.05) is 26.0 Å². The largest absolute Gasteiger partial charge is 0.493 e. The van der Waals surface area contributed by atoms with E-state index in [1.165, 1.54) is 6.26 Å². The van der Waals surface area contributed by atoms with Crippen LogP contribution in [0.3, 0.4) is 0 Å². The maximum atomic E-state index is 11.4. The third-order valence-electron chi connectivity index (χ3n) is 2.88. The molecule has 2 rings (SSSR count). The van der Waals surface area contributed by atoms with E-state index in [9.17, 15) is 8.42 Å². The van der Waals surface area contributed by atoms with E-state index in [-0.39, 0.29) is 12.4 Å². The Morgan fingerprint density at radius 1 is 1.44 bits per heavy atom. The van der Waals surface area contributed by atoms with E-state index < -0.39 is 9.84 Å². The van der Waals surface area contributed by atoms with Crippen LogP contribution in [0.25, 0.3) is 0 Å². The number of nitrogens with one attached hydrogen (secondary N) is 1. The molecule has 1 fully saturated rings. The minimum Gasteiger partial charge on any atom is -0.493 e. The lowest BCUT2D eigenvalue weighted by Gasteiger charge is -2.11. The summed E-state index contributed by atoms with van der Waals surface area (Å²) in [5, 5.41) is 3.27. The summed E-state index contributed by atoms with van der Waals surface area (Å²) in [4.78, 5) is 0.305. The number of benzene rings is 1. The van der Waals surface area contributed by atoms with Crippen LogP contribution in [0.5, 0.6) is 5.75 Å². The molecule has 0 bridgehead atoms. The third kappa shape index (κ3) is 4.15. The van der Waals surface area contributed by atoms with E-state index in [1.54, 1.807) is 24.3 Å². The third-order valence-corrected chi connectivity index (χ3v) is 3.99. The van der Waals surface area contributed by atoms with Crippen LogP contribution in [0.15, 0.2) is 29.2 Å². The molecule has 0 amide bonds. The zero-order valence-electron chi connectivity index (χ0n) is 10.3. The monoisotopic (exact) mass is 291 g/mol. The molecule has 1 aromatic rings. The van der Waals surface area contributed by atoms with Crippen LogP contribution in [0, 0.1) is 5.92 Å². The topological polar surface area (TPSA) is 55.4 Å². The molecule has 1 saturated heterocycles. The van der Waals surface area contributed by atoms with E-state index in [1.807, 2.05) is 0 Å². The molecule has 4 nitrogen and oxygen atoms in total. The van der Waals surface area contributed by atoms with Crippen LogP contribution in [0.4, 0.5) is 0 Å². The van der Waals surface area contributed by atoms with E-state index in [0.29, 0.717) is 23.2 Å². The van der Waals surface area contributed by atoms with Gasteiger partial charge in [-0.3, -0.25) is 0 Å². The van der Waals surface area contributed by atoms with Gasteiger partial charge in [0, 0.05) is 18.7 Å². The van der Waals surface area contributed by atoms with Gasteiger partial charge in [-0.2, -0.15) is 0 Å². The summed E-state index contributed by atoms with van der Waals surface area (Å²) in [6, 6.07) is 6.66. The summed E-state index contributed by atoms with van der Waals surface area (Å²) in [6.07, 6.45) is 2.32. The molecule has 0 aliphatic carbocycles. The minimum atomic E-state index is -3.16. The fourth-order valence-electron chi connectivity index (χ4n) is 1.87. The van der Waals surface area contributed by atoms with Crippen LogP contribution in [-0.2, 0) is 9.84 Å². The lowest BCUT2D eigenvalue weighted by atomic mass is 10.1.